The van der Waals surface area contributed by atoms with Crippen molar-refractivity contribution in [2.45, 2.75) is 32.4 Å². The van der Waals surface area contributed by atoms with E-state index in [1.807, 2.05) is 22.4 Å². The van der Waals surface area contributed by atoms with E-state index >= 15 is 0 Å². The topological polar surface area (TPSA) is 59.2 Å². The minimum absolute atomic E-state index is 0.136. The molecule has 0 bridgehead atoms. The van der Waals surface area contributed by atoms with Gasteiger partial charge in [-0.1, -0.05) is 41.1 Å². The zero-order valence-corrected chi connectivity index (χ0v) is 14.1. The third kappa shape index (κ3) is 2.85. The molecule has 1 unspecified atom stereocenters. The molecular formula is C18H17N3O2S. The Bertz CT molecular complexity index is 840. The van der Waals surface area contributed by atoms with Crippen molar-refractivity contribution in [2.24, 2.45) is 0 Å². The lowest BCUT2D eigenvalue weighted by molar-refractivity contribution is -0.129. The average Bonchev–Trinajstić information content (AvgIpc) is 3.31. The average molecular weight is 339 g/mol. The van der Waals surface area contributed by atoms with Gasteiger partial charge in [-0.2, -0.15) is 4.98 Å². The number of hydrogen-bond donors (Lipinski definition) is 0. The SMILES string of the molecule is Cc1ccc(CN2C(=O)CCC2c2nc(-c3cccs3)no2)cc1. The summed E-state index contributed by atoms with van der Waals surface area (Å²) in [5.41, 5.74) is 2.32. The van der Waals surface area contributed by atoms with Crippen LogP contribution in [0.3, 0.4) is 0 Å². The Hall–Kier alpha value is -2.47. The summed E-state index contributed by atoms with van der Waals surface area (Å²) in [6.07, 6.45) is 1.24. The monoisotopic (exact) mass is 339 g/mol. The highest BCUT2D eigenvalue weighted by Gasteiger charge is 2.36. The van der Waals surface area contributed by atoms with Gasteiger partial charge in [-0.15, -0.1) is 11.3 Å². The van der Waals surface area contributed by atoms with E-state index in [2.05, 4.69) is 41.3 Å². The van der Waals surface area contributed by atoms with Crippen molar-refractivity contribution in [3.63, 3.8) is 0 Å². The van der Waals surface area contributed by atoms with E-state index in [4.69, 9.17) is 4.52 Å². The van der Waals surface area contributed by atoms with Crippen LogP contribution in [0.25, 0.3) is 10.7 Å². The predicted molar refractivity (Wildman–Crippen MR) is 91.3 cm³/mol. The van der Waals surface area contributed by atoms with Gasteiger partial charge in [0.15, 0.2) is 0 Å². The van der Waals surface area contributed by atoms with Crippen LogP contribution in [0.4, 0.5) is 0 Å². The van der Waals surface area contributed by atoms with Gasteiger partial charge in [0.25, 0.3) is 0 Å². The summed E-state index contributed by atoms with van der Waals surface area (Å²) in [7, 11) is 0. The van der Waals surface area contributed by atoms with Gasteiger partial charge in [0.05, 0.1) is 4.88 Å². The first-order valence-electron chi connectivity index (χ1n) is 7.93. The van der Waals surface area contributed by atoms with Crippen LogP contribution in [0.15, 0.2) is 46.3 Å². The van der Waals surface area contributed by atoms with Crippen molar-refractivity contribution in [1.82, 2.24) is 15.0 Å². The maximum absolute atomic E-state index is 12.3. The summed E-state index contributed by atoms with van der Waals surface area (Å²) in [5.74, 6) is 1.25. The molecule has 1 amide bonds. The molecule has 122 valence electrons. The summed E-state index contributed by atoms with van der Waals surface area (Å²) in [5, 5.41) is 6.05. The second-order valence-electron chi connectivity index (χ2n) is 6.00. The molecule has 1 aliphatic rings. The quantitative estimate of drug-likeness (QED) is 0.721. The maximum atomic E-state index is 12.3. The first kappa shape index (κ1) is 15.1. The van der Waals surface area contributed by atoms with E-state index in [0.29, 0.717) is 24.7 Å². The molecule has 3 heterocycles. The molecule has 6 heteroatoms. The van der Waals surface area contributed by atoms with E-state index in [1.54, 1.807) is 11.3 Å². The van der Waals surface area contributed by atoms with Crippen molar-refractivity contribution in [2.75, 3.05) is 0 Å². The first-order chi connectivity index (χ1) is 11.7. The van der Waals surface area contributed by atoms with Gasteiger partial charge in [-0.25, -0.2) is 0 Å². The van der Waals surface area contributed by atoms with Crippen molar-refractivity contribution in [3.8, 4) is 10.7 Å². The molecule has 3 aromatic rings. The predicted octanol–water partition coefficient (Wildman–Crippen LogP) is 3.97. The van der Waals surface area contributed by atoms with Crippen molar-refractivity contribution in [3.05, 3.63) is 58.8 Å². The third-order valence-corrected chi connectivity index (χ3v) is 5.14. The summed E-state index contributed by atoms with van der Waals surface area (Å²) in [6, 6.07) is 12.0. The van der Waals surface area contributed by atoms with Crippen LogP contribution < -0.4 is 0 Å². The van der Waals surface area contributed by atoms with Gasteiger partial charge in [0, 0.05) is 13.0 Å². The number of hydrogen-bond acceptors (Lipinski definition) is 5. The Balaban J connectivity index is 1.57. The highest BCUT2D eigenvalue weighted by molar-refractivity contribution is 7.13. The van der Waals surface area contributed by atoms with E-state index in [1.165, 1.54) is 5.56 Å². The molecule has 0 radical (unpaired) electrons. The number of nitrogens with zero attached hydrogens (tertiary/aromatic N) is 3. The van der Waals surface area contributed by atoms with Gasteiger partial charge < -0.3 is 9.42 Å². The molecule has 0 aliphatic carbocycles. The lowest BCUT2D eigenvalue weighted by Gasteiger charge is -2.22. The molecule has 1 saturated heterocycles. The number of aryl methyl sites for hydroxylation is 1. The number of amides is 1. The Morgan fingerprint density at radius 3 is 2.88 bits per heavy atom. The summed E-state index contributed by atoms with van der Waals surface area (Å²) in [6.45, 7) is 2.62. The Kier molecular flexibility index (Phi) is 3.90. The maximum Gasteiger partial charge on any atom is 0.249 e. The largest absolute Gasteiger partial charge is 0.337 e. The zero-order chi connectivity index (χ0) is 16.5. The van der Waals surface area contributed by atoms with E-state index in [0.717, 1.165) is 16.9 Å². The standard InChI is InChI=1S/C18H17N3O2S/c1-12-4-6-13(7-5-12)11-21-14(8-9-16(21)22)18-19-17(20-23-18)15-3-2-10-24-15/h2-7,10,14H,8-9,11H2,1H3. The van der Waals surface area contributed by atoms with E-state index < -0.39 is 0 Å². The number of aromatic nitrogens is 2. The van der Waals surface area contributed by atoms with Crippen molar-refractivity contribution < 1.29 is 9.32 Å². The third-order valence-electron chi connectivity index (χ3n) is 4.27. The molecule has 1 fully saturated rings. The summed E-state index contributed by atoms with van der Waals surface area (Å²) in [4.78, 5) is 19.6. The first-order valence-corrected chi connectivity index (χ1v) is 8.81. The Morgan fingerprint density at radius 2 is 2.12 bits per heavy atom. The summed E-state index contributed by atoms with van der Waals surface area (Å²) >= 11 is 1.57. The molecule has 0 saturated carbocycles. The number of likely N-dealkylation sites (tertiary alicyclic amines) is 1. The lowest BCUT2D eigenvalue weighted by Crippen LogP contribution is -2.27. The fraction of sp³-hybridized carbons (Fsp3) is 0.278. The minimum Gasteiger partial charge on any atom is -0.337 e. The van der Waals surface area contributed by atoms with Crippen LogP contribution in [-0.2, 0) is 11.3 Å². The van der Waals surface area contributed by atoms with Crippen LogP contribution in [-0.4, -0.2) is 20.9 Å². The van der Waals surface area contributed by atoms with Crippen LogP contribution in [0.2, 0.25) is 0 Å². The Labute approximate surface area is 143 Å². The minimum atomic E-state index is -0.139. The van der Waals surface area contributed by atoms with Gasteiger partial charge in [0.2, 0.25) is 17.6 Å². The Morgan fingerprint density at radius 1 is 1.29 bits per heavy atom. The fourth-order valence-corrected chi connectivity index (χ4v) is 3.60. The van der Waals surface area contributed by atoms with E-state index in [9.17, 15) is 4.79 Å². The second kappa shape index (κ2) is 6.20. The smallest absolute Gasteiger partial charge is 0.249 e. The molecule has 5 nitrogen and oxygen atoms in total. The molecule has 4 rings (SSSR count). The number of benzene rings is 1. The molecule has 1 aliphatic heterocycles. The molecule has 1 aromatic carbocycles. The number of carbonyl (C=O) groups excluding carboxylic acids is 1. The molecule has 0 spiro atoms. The van der Waals surface area contributed by atoms with Crippen LogP contribution in [0.5, 0.6) is 0 Å². The van der Waals surface area contributed by atoms with Gasteiger partial charge >= 0.3 is 0 Å². The molecule has 24 heavy (non-hydrogen) atoms. The van der Waals surface area contributed by atoms with Crippen molar-refractivity contribution >= 4 is 17.2 Å². The molecule has 1 atom stereocenters. The fourth-order valence-electron chi connectivity index (χ4n) is 2.96. The lowest BCUT2D eigenvalue weighted by atomic mass is 10.1. The normalized spacial score (nSPS) is 17.6. The number of thiophene rings is 1. The summed E-state index contributed by atoms with van der Waals surface area (Å²) < 4.78 is 5.46. The van der Waals surface area contributed by atoms with Crippen LogP contribution in [0, 0.1) is 6.92 Å². The highest BCUT2D eigenvalue weighted by atomic mass is 32.1. The van der Waals surface area contributed by atoms with Gasteiger partial charge in [-0.3, -0.25) is 4.79 Å². The molecular weight excluding hydrogens is 322 g/mol. The molecule has 2 aromatic heterocycles. The van der Waals surface area contributed by atoms with Gasteiger partial charge in [-0.05, 0) is 30.4 Å². The number of carbonyl (C=O) groups is 1. The van der Waals surface area contributed by atoms with Gasteiger partial charge in [0.1, 0.15) is 6.04 Å². The molecule has 0 N–H and O–H groups in total. The highest BCUT2D eigenvalue weighted by Crippen LogP contribution is 2.34. The van der Waals surface area contributed by atoms with Crippen LogP contribution >= 0.6 is 11.3 Å². The van der Waals surface area contributed by atoms with E-state index in [-0.39, 0.29) is 11.9 Å². The van der Waals surface area contributed by atoms with Crippen molar-refractivity contribution in [1.29, 1.82) is 0 Å². The zero-order valence-electron chi connectivity index (χ0n) is 13.3. The second-order valence-corrected chi connectivity index (χ2v) is 6.94. The number of rotatable bonds is 4. The van der Waals surface area contributed by atoms with Crippen LogP contribution in [0.1, 0.15) is 35.9 Å².